The van der Waals surface area contributed by atoms with Crippen molar-refractivity contribution in [3.8, 4) is 5.40 Å². The van der Waals surface area contributed by atoms with E-state index in [0.717, 1.165) is 50.7 Å². The van der Waals surface area contributed by atoms with E-state index < -0.39 is 11.9 Å². The van der Waals surface area contributed by atoms with Gasteiger partial charge in [0.2, 0.25) is 0 Å². The number of carbonyl (C=O) groups is 2. The van der Waals surface area contributed by atoms with E-state index in [1.807, 2.05) is 36.6 Å². The highest BCUT2D eigenvalue weighted by molar-refractivity contribution is 8.03. The Bertz CT molecular complexity index is 1100. The maximum absolute atomic E-state index is 12.1. The summed E-state index contributed by atoms with van der Waals surface area (Å²) in [6.45, 7) is 3.52. The summed E-state index contributed by atoms with van der Waals surface area (Å²) in [5.74, 6) is -0.924. The van der Waals surface area contributed by atoms with Crippen molar-refractivity contribution in [2.75, 3.05) is 11.9 Å². The molecule has 0 aliphatic rings. The van der Waals surface area contributed by atoms with Crippen LogP contribution in [-0.2, 0) is 27.2 Å². The van der Waals surface area contributed by atoms with Crippen LogP contribution in [0.3, 0.4) is 0 Å². The fraction of sp³-hybridized carbons (Fsp3) is 0.227. The number of thiocyanates is 1. The predicted molar refractivity (Wildman–Crippen MR) is 112 cm³/mol. The lowest BCUT2D eigenvalue weighted by Gasteiger charge is -2.09. The summed E-state index contributed by atoms with van der Waals surface area (Å²) in [7, 11) is 0. The number of carbonyl (C=O) groups excluding carboxylic acids is 2. The Kier molecular flexibility index (Phi) is 6.57. The highest BCUT2D eigenvalue weighted by Crippen LogP contribution is 2.24. The molecule has 0 bridgehead atoms. The van der Waals surface area contributed by atoms with E-state index in [2.05, 4.69) is 12.2 Å². The lowest BCUT2D eigenvalue weighted by Crippen LogP contribution is -2.22. The second-order valence-electron chi connectivity index (χ2n) is 6.50. The Labute approximate surface area is 172 Å². The number of amides is 1. The first-order valence-electron chi connectivity index (χ1n) is 9.11. The molecule has 0 saturated heterocycles. The summed E-state index contributed by atoms with van der Waals surface area (Å²) in [4.78, 5) is 25.0. The van der Waals surface area contributed by atoms with Gasteiger partial charge in [0, 0.05) is 21.5 Å². The fourth-order valence-corrected chi connectivity index (χ4v) is 3.39. The lowest BCUT2D eigenvalue weighted by molar-refractivity contribution is -0.146. The Hall–Kier alpha value is -3.24. The van der Waals surface area contributed by atoms with Crippen molar-refractivity contribution in [1.29, 1.82) is 5.26 Å². The van der Waals surface area contributed by atoms with Gasteiger partial charge in [-0.3, -0.25) is 9.59 Å². The molecule has 1 N–H and O–H groups in total. The van der Waals surface area contributed by atoms with Crippen LogP contribution in [0.4, 0.5) is 5.69 Å². The molecule has 0 spiro atoms. The first-order valence-corrected chi connectivity index (χ1v) is 9.93. The van der Waals surface area contributed by atoms with Gasteiger partial charge in [0.1, 0.15) is 11.0 Å². The minimum Gasteiger partial charge on any atom is -0.464 e. The molecular weight excluding hydrogens is 388 g/mol. The van der Waals surface area contributed by atoms with Crippen molar-refractivity contribution in [2.24, 2.45) is 0 Å². The molecule has 6 nitrogen and oxygen atoms in total. The molecule has 2 aromatic carbocycles. The van der Waals surface area contributed by atoms with Crippen LogP contribution >= 0.6 is 11.8 Å². The van der Waals surface area contributed by atoms with Gasteiger partial charge in [-0.15, -0.1) is 0 Å². The van der Waals surface area contributed by atoms with Gasteiger partial charge < -0.3 is 14.5 Å². The maximum atomic E-state index is 12.1. The van der Waals surface area contributed by atoms with Gasteiger partial charge in [-0.2, -0.15) is 5.26 Å². The Morgan fingerprint density at radius 3 is 2.79 bits per heavy atom. The molecule has 0 saturated carbocycles. The van der Waals surface area contributed by atoms with E-state index in [9.17, 15) is 9.59 Å². The number of thioether (sulfide) groups is 1. The summed E-state index contributed by atoms with van der Waals surface area (Å²) in [6, 6.07) is 11.2. The van der Waals surface area contributed by atoms with Crippen LogP contribution in [0, 0.1) is 17.6 Å². The van der Waals surface area contributed by atoms with Crippen LogP contribution in [0.1, 0.15) is 23.6 Å². The van der Waals surface area contributed by atoms with Crippen molar-refractivity contribution in [2.45, 2.75) is 31.6 Å². The summed E-state index contributed by atoms with van der Waals surface area (Å²) >= 11 is 1.05. The van der Waals surface area contributed by atoms with Crippen LogP contribution in [0.2, 0.25) is 0 Å². The van der Waals surface area contributed by atoms with E-state index in [4.69, 9.17) is 14.4 Å². The second kappa shape index (κ2) is 9.30. The van der Waals surface area contributed by atoms with Crippen molar-refractivity contribution >= 4 is 40.3 Å². The zero-order valence-corrected chi connectivity index (χ0v) is 17.0. The number of anilines is 1. The number of nitrogens with zero attached hydrogens (tertiary/aromatic N) is 1. The first kappa shape index (κ1) is 20.5. The zero-order chi connectivity index (χ0) is 20.8. The molecule has 148 valence electrons. The molecule has 29 heavy (non-hydrogen) atoms. The minimum absolute atomic E-state index is 0.0326. The molecule has 1 amide bonds. The molecule has 3 aromatic rings. The Balaban J connectivity index is 1.54. The summed E-state index contributed by atoms with van der Waals surface area (Å²) < 4.78 is 10.6. The molecule has 0 radical (unpaired) electrons. The quantitative estimate of drug-likeness (QED) is 0.349. The van der Waals surface area contributed by atoms with E-state index in [-0.39, 0.29) is 13.0 Å². The van der Waals surface area contributed by atoms with E-state index in [1.54, 1.807) is 18.4 Å². The number of furan rings is 1. The smallest absolute Gasteiger partial charge is 0.310 e. The van der Waals surface area contributed by atoms with Gasteiger partial charge in [0.25, 0.3) is 5.91 Å². The lowest BCUT2D eigenvalue weighted by atomic mass is 10.1. The minimum atomic E-state index is -0.500. The summed E-state index contributed by atoms with van der Waals surface area (Å²) in [6.07, 6.45) is 2.49. The Morgan fingerprint density at radius 2 is 2.07 bits per heavy atom. The monoisotopic (exact) mass is 408 g/mol. The van der Waals surface area contributed by atoms with Gasteiger partial charge in [-0.25, -0.2) is 0 Å². The second-order valence-corrected chi connectivity index (χ2v) is 7.36. The normalized spacial score (nSPS) is 10.5. The SMILES string of the molecule is CCc1ccc2c(CC(=O)OCC(=O)Nc3ccc(SC#N)cc3C)coc2c1. The standard InChI is InChI=1S/C22H20N2O4S/c1-3-15-4-6-18-16(11-27-20(18)9-15)10-22(26)28-12-21(25)24-19-7-5-17(29-13-23)8-14(19)2/h4-9,11H,3,10,12H2,1-2H3,(H,24,25). The van der Waals surface area contributed by atoms with Crippen molar-refractivity contribution < 1.29 is 18.7 Å². The molecule has 0 unspecified atom stereocenters. The molecule has 1 heterocycles. The number of aryl methyl sites for hydroxylation is 2. The number of nitriles is 1. The van der Waals surface area contributed by atoms with Crippen molar-refractivity contribution in [3.63, 3.8) is 0 Å². The average molecular weight is 408 g/mol. The third-order valence-corrected chi connectivity index (χ3v) is 5.04. The van der Waals surface area contributed by atoms with Crippen molar-refractivity contribution in [3.05, 3.63) is 59.4 Å². The predicted octanol–water partition coefficient (Wildman–Crippen LogP) is 4.60. The van der Waals surface area contributed by atoms with Crippen LogP contribution in [0.25, 0.3) is 11.0 Å². The molecule has 7 heteroatoms. The summed E-state index contributed by atoms with van der Waals surface area (Å²) in [5, 5.41) is 14.3. The molecule has 0 aliphatic heterocycles. The molecule has 1 aromatic heterocycles. The number of esters is 1. The number of hydrogen-bond donors (Lipinski definition) is 1. The fourth-order valence-electron chi connectivity index (χ4n) is 2.92. The van der Waals surface area contributed by atoms with Crippen LogP contribution in [0.5, 0.6) is 0 Å². The number of rotatable bonds is 7. The van der Waals surface area contributed by atoms with Gasteiger partial charge >= 0.3 is 5.97 Å². The van der Waals surface area contributed by atoms with Crippen LogP contribution in [0.15, 0.2) is 52.0 Å². The number of nitrogens with one attached hydrogen (secondary N) is 1. The van der Waals surface area contributed by atoms with Gasteiger partial charge in [-0.05, 0) is 60.5 Å². The topological polar surface area (TPSA) is 92.3 Å². The summed E-state index contributed by atoms with van der Waals surface area (Å²) in [5.41, 5.74) is 4.06. The number of fused-ring (bicyclic) bond motifs is 1. The molecule has 0 atom stereocenters. The van der Waals surface area contributed by atoms with E-state index in [1.165, 1.54) is 0 Å². The highest BCUT2D eigenvalue weighted by atomic mass is 32.2. The van der Waals surface area contributed by atoms with Crippen LogP contribution < -0.4 is 5.32 Å². The third kappa shape index (κ3) is 5.18. The van der Waals surface area contributed by atoms with Gasteiger partial charge in [-0.1, -0.05) is 19.1 Å². The Morgan fingerprint density at radius 1 is 1.24 bits per heavy atom. The van der Waals surface area contributed by atoms with Gasteiger partial charge in [0.05, 0.1) is 12.7 Å². The van der Waals surface area contributed by atoms with E-state index >= 15 is 0 Å². The average Bonchev–Trinajstić information content (AvgIpc) is 3.10. The maximum Gasteiger partial charge on any atom is 0.310 e. The number of benzene rings is 2. The van der Waals surface area contributed by atoms with Gasteiger partial charge in [0.15, 0.2) is 6.61 Å². The van der Waals surface area contributed by atoms with Crippen molar-refractivity contribution in [1.82, 2.24) is 0 Å². The molecule has 0 fully saturated rings. The number of hydrogen-bond acceptors (Lipinski definition) is 6. The largest absolute Gasteiger partial charge is 0.464 e. The van der Waals surface area contributed by atoms with Crippen LogP contribution in [-0.4, -0.2) is 18.5 Å². The highest BCUT2D eigenvalue weighted by Gasteiger charge is 2.14. The number of ether oxygens (including phenoxy) is 1. The molecule has 3 rings (SSSR count). The molecular formula is C22H20N2O4S. The van der Waals surface area contributed by atoms with E-state index in [0.29, 0.717) is 5.69 Å². The first-order chi connectivity index (χ1) is 14.0. The molecule has 0 aliphatic carbocycles. The third-order valence-electron chi connectivity index (χ3n) is 4.46. The zero-order valence-electron chi connectivity index (χ0n) is 16.2.